The van der Waals surface area contributed by atoms with Gasteiger partial charge in [-0.15, -0.1) is 12.4 Å². The smallest absolute Gasteiger partial charge is 0.318 e. The van der Waals surface area contributed by atoms with E-state index in [1.165, 1.54) is 6.07 Å². The van der Waals surface area contributed by atoms with Gasteiger partial charge in [0.25, 0.3) is 0 Å². The van der Waals surface area contributed by atoms with Crippen LogP contribution in [0.1, 0.15) is 5.56 Å². The van der Waals surface area contributed by atoms with Gasteiger partial charge in [-0.05, 0) is 18.2 Å². The van der Waals surface area contributed by atoms with Crippen LogP contribution in [-0.4, -0.2) is 36.1 Å². The molecule has 0 atom stereocenters. The Balaban J connectivity index is 0.00000192. The van der Waals surface area contributed by atoms with Crippen LogP contribution in [0, 0.1) is 5.82 Å². The molecular formula is C15H17Cl2FN4O. The molecule has 1 saturated heterocycles. The Kier molecular flexibility index (Phi) is 6.38. The van der Waals surface area contributed by atoms with E-state index >= 15 is 0 Å². The third-order valence-corrected chi connectivity index (χ3v) is 3.67. The number of piperazine rings is 1. The van der Waals surface area contributed by atoms with E-state index in [0.717, 1.165) is 32.0 Å². The highest BCUT2D eigenvalue weighted by atomic mass is 35.5. The zero-order valence-electron chi connectivity index (χ0n) is 12.3. The summed E-state index contributed by atoms with van der Waals surface area (Å²) in [6.45, 7) is 3.70. The number of rotatable bonds is 4. The van der Waals surface area contributed by atoms with Crippen molar-refractivity contribution in [2.75, 3.05) is 31.1 Å². The van der Waals surface area contributed by atoms with E-state index in [1.54, 1.807) is 18.3 Å². The molecule has 23 heavy (non-hydrogen) atoms. The second-order valence-electron chi connectivity index (χ2n) is 4.96. The lowest BCUT2D eigenvalue weighted by molar-refractivity contribution is 0.275. The third-order valence-electron chi connectivity index (χ3n) is 3.43. The van der Waals surface area contributed by atoms with Crippen molar-refractivity contribution in [2.45, 2.75) is 6.61 Å². The molecule has 5 nitrogen and oxygen atoms in total. The van der Waals surface area contributed by atoms with Crippen molar-refractivity contribution < 1.29 is 9.13 Å². The average molecular weight is 359 g/mol. The molecule has 0 spiro atoms. The summed E-state index contributed by atoms with van der Waals surface area (Å²) in [5.41, 5.74) is 0.417. The first-order valence-electron chi connectivity index (χ1n) is 7.08. The van der Waals surface area contributed by atoms with Gasteiger partial charge in [0.05, 0.1) is 0 Å². The molecule has 0 saturated carbocycles. The molecule has 2 heterocycles. The van der Waals surface area contributed by atoms with E-state index in [1.807, 2.05) is 6.07 Å². The fraction of sp³-hybridized carbons (Fsp3) is 0.333. The van der Waals surface area contributed by atoms with Gasteiger partial charge < -0.3 is 15.0 Å². The minimum atomic E-state index is -0.397. The number of nitrogens with one attached hydrogen (secondary N) is 1. The molecule has 1 aromatic heterocycles. The van der Waals surface area contributed by atoms with Crippen molar-refractivity contribution in [3.8, 4) is 6.01 Å². The summed E-state index contributed by atoms with van der Waals surface area (Å²) in [5.74, 6) is 0.425. The molecule has 124 valence electrons. The number of aromatic nitrogens is 2. The highest BCUT2D eigenvalue weighted by molar-refractivity contribution is 6.30. The monoisotopic (exact) mass is 358 g/mol. The Morgan fingerprint density at radius 1 is 1.26 bits per heavy atom. The molecule has 0 unspecified atom stereocenters. The minimum Gasteiger partial charge on any atom is -0.458 e. The zero-order valence-corrected chi connectivity index (χ0v) is 13.9. The van der Waals surface area contributed by atoms with E-state index in [9.17, 15) is 4.39 Å². The van der Waals surface area contributed by atoms with Gasteiger partial charge in [-0.2, -0.15) is 4.98 Å². The molecule has 0 aliphatic carbocycles. The Morgan fingerprint density at radius 2 is 2.04 bits per heavy atom. The Hall–Kier alpha value is -1.63. The van der Waals surface area contributed by atoms with Crippen LogP contribution >= 0.6 is 24.0 Å². The molecule has 3 rings (SSSR count). The molecule has 1 aliphatic heterocycles. The summed E-state index contributed by atoms with van der Waals surface area (Å²) in [7, 11) is 0. The normalized spacial score (nSPS) is 14.3. The van der Waals surface area contributed by atoms with Crippen molar-refractivity contribution in [2.24, 2.45) is 0 Å². The minimum absolute atomic E-state index is 0. The number of ether oxygens (including phenoxy) is 1. The van der Waals surface area contributed by atoms with Gasteiger partial charge in [-0.1, -0.05) is 17.7 Å². The van der Waals surface area contributed by atoms with Crippen molar-refractivity contribution >= 4 is 29.8 Å². The van der Waals surface area contributed by atoms with E-state index in [-0.39, 0.29) is 25.0 Å². The summed E-state index contributed by atoms with van der Waals surface area (Å²) in [5, 5.41) is 3.65. The predicted molar refractivity (Wildman–Crippen MR) is 90.1 cm³/mol. The number of hydrogen-bond acceptors (Lipinski definition) is 5. The van der Waals surface area contributed by atoms with Crippen LogP contribution in [0.4, 0.5) is 10.2 Å². The van der Waals surface area contributed by atoms with Crippen LogP contribution in [0.2, 0.25) is 5.02 Å². The second-order valence-corrected chi connectivity index (χ2v) is 5.40. The number of benzene rings is 1. The highest BCUT2D eigenvalue weighted by Crippen LogP contribution is 2.18. The molecule has 0 radical (unpaired) electrons. The van der Waals surface area contributed by atoms with Gasteiger partial charge in [0.2, 0.25) is 0 Å². The summed E-state index contributed by atoms with van der Waals surface area (Å²) >= 11 is 5.72. The van der Waals surface area contributed by atoms with Crippen molar-refractivity contribution in [1.29, 1.82) is 0 Å². The first-order chi connectivity index (χ1) is 10.7. The molecule has 1 fully saturated rings. The Morgan fingerprint density at radius 3 is 2.78 bits per heavy atom. The third kappa shape index (κ3) is 4.67. The standard InChI is InChI=1S/C15H16ClFN4O.ClH/c16-12-2-1-11(13(17)9-12)10-22-15-19-4-3-14(20-15)21-7-5-18-6-8-21;/h1-4,9,18H,5-8,10H2;1H. The molecular weight excluding hydrogens is 342 g/mol. The van der Waals surface area contributed by atoms with Crippen LogP contribution < -0.4 is 15.0 Å². The predicted octanol–water partition coefficient (Wildman–Crippen LogP) is 2.68. The highest BCUT2D eigenvalue weighted by Gasteiger charge is 2.13. The van der Waals surface area contributed by atoms with E-state index in [0.29, 0.717) is 10.6 Å². The first kappa shape index (κ1) is 17.7. The molecule has 2 aromatic rings. The number of hydrogen-bond donors (Lipinski definition) is 1. The van der Waals surface area contributed by atoms with Gasteiger partial charge in [-0.25, -0.2) is 9.37 Å². The Labute approximate surface area is 145 Å². The van der Waals surface area contributed by atoms with Crippen molar-refractivity contribution in [3.63, 3.8) is 0 Å². The molecule has 0 amide bonds. The SMILES string of the molecule is Cl.Fc1cc(Cl)ccc1COc1nccc(N2CCNCC2)n1. The van der Waals surface area contributed by atoms with E-state index < -0.39 is 5.82 Å². The lowest BCUT2D eigenvalue weighted by Crippen LogP contribution is -2.43. The number of nitrogens with zero attached hydrogens (tertiary/aromatic N) is 3. The van der Waals surface area contributed by atoms with Gasteiger partial charge in [0.1, 0.15) is 18.2 Å². The van der Waals surface area contributed by atoms with Gasteiger partial charge in [0, 0.05) is 43.0 Å². The van der Waals surface area contributed by atoms with Crippen LogP contribution in [0.5, 0.6) is 6.01 Å². The van der Waals surface area contributed by atoms with Gasteiger partial charge >= 0.3 is 6.01 Å². The lowest BCUT2D eigenvalue weighted by Gasteiger charge is -2.28. The summed E-state index contributed by atoms with van der Waals surface area (Å²) in [4.78, 5) is 10.6. The fourth-order valence-electron chi connectivity index (χ4n) is 2.25. The van der Waals surface area contributed by atoms with Gasteiger partial charge in [-0.3, -0.25) is 0 Å². The van der Waals surface area contributed by atoms with E-state index in [4.69, 9.17) is 16.3 Å². The molecule has 0 bridgehead atoms. The fourth-order valence-corrected chi connectivity index (χ4v) is 2.41. The van der Waals surface area contributed by atoms with Crippen LogP contribution in [0.15, 0.2) is 30.5 Å². The average Bonchev–Trinajstić information content (AvgIpc) is 2.55. The molecule has 1 aromatic carbocycles. The summed E-state index contributed by atoms with van der Waals surface area (Å²) < 4.78 is 19.2. The second kappa shape index (κ2) is 8.29. The maximum Gasteiger partial charge on any atom is 0.318 e. The quantitative estimate of drug-likeness (QED) is 0.910. The van der Waals surface area contributed by atoms with E-state index in [2.05, 4.69) is 20.2 Å². The largest absolute Gasteiger partial charge is 0.458 e. The maximum atomic E-state index is 13.7. The maximum absolute atomic E-state index is 13.7. The zero-order chi connectivity index (χ0) is 15.4. The summed E-state index contributed by atoms with van der Waals surface area (Å²) in [6.07, 6.45) is 1.65. The summed E-state index contributed by atoms with van der Waals surface area (Å²) in [6, 6.07) is 6.57. The topological polar surface area (TPSA) is 50.3 Å². The van der Waals surface area contributed by atoms with Crippen LogP contribution in [0.3, 0.4) is 0 Å². The van der Waals surface area contributed by atoms with Gasteiger partial charge in [0.15, 0.2) is 0 Å². The molecule has 8 heteroatoms. The first-order valence-corrected chi connectivity index (χ1v) is 7.45. The Bertz CT molecular complexity index is 653. The number of halogens is 3. The number of anilines is 1. The molecule has 1 N–H and O–H groups in total. The van der Waals surface area contributed by atoms with Crippen LogP contribution in [0.25, 0.3) is 0 Å². The van der Waals surface area contributed by atoms with Crippen molar-refractivity contribution in [1.82, 2.24) is 15.3 Å². The lowest BCUT2D eigenvalue weighted by atomic mass is 10.2. The molecule has 1 aliphatic rings. The van der Waals surface area contributed by atoms with Crippen molar-refractivity contribution in [3.05, 3.63) is 46.9 Å². The van der Waals surface area contributed by atoms with Crippen LogP contribution in [-0.2, 0) is 6.61 Å².